The van der Waals surface area contributed by atoms with Gasteiger partial charge in [-0.2, -0.15) is 0 Å². The molecule has 5 heteroatoms. The maximum atomic E-state index is 11.6. The van der Waals surface area contributed by atoms with Crippen LogP contribution in [0.1, 0.15) is 50.3 Å². The number of thiazole rings is 1. The molecule has 0 saturated heterocycles. The molecule has 1 amide bonds. The van der Waals surface area contributed by atoms with Gasteiger partial charge in [0.25, 0.3) is 0 Å². The molecule has 0 atom stereocenters. The van der Waals surface area contributed by atoms with Crippen LogP contribution < -0.4 is 5.32 Å². The number of nitrogens with one attached hydrogen (secondary N) is 1. The molecule has 0 spiro atoms. The Bertz CT molecular complexity index is 1040. The average molecular weight is 392 g/mol. The van der Waals surface area contributed by atoms with Gasteiger partial charge in [0.05, 0.1) is 5.69 Å². The fourth-order valence-electron chi connectivity index (χ4n) is 6.75. The Hall–Kier alpha value is -2.14. The van der Waals surface area contributed by atoms with Crippen LogP contribution in [0.4, 0.5) is 5.69 Å². The SMILES string of the molecule is CC(=O)Nc1cccc(-c2c(C34CC5CC(CC(C5)C3)C4)sc3nccn23)c1. The third-order valence-corrected chi connectivity index (χ3v) is 8.55. The molecule has 28 heavy (non-hydrogen) atoms. The lowest BCUT2D eigenvalue weighted by Gasteiger charge is -2.56. The van der Waals surface area contributed by atoms with Crippen LogP contribution in [0, 0.1) is 17.8 Å². The highest BCUT2D eigenvalue weighted by molar-refractivity contribution is 7.17. The molecule has 144 valence electrons. The van der Waals surface area contributed by atoms with Crippen molar-refractivity contribution in [3.8, 4) is 11.3 Å². The van der Waals surface area contributed by atoms with Crippen LogP contribution in [0.2, 0.25) is 0 Å². The van der Waals surface area contributed by atoms with Crippen molar-refractivity contribution in [3.05, 3.63) is 41.5 Å². The Labute approximate surface area is 169 Å². The van der Waals surface area contributed by atoms with Gasteiger partial charge in [-0.15, -0.1) is 11.3 Å². The number of hydrogen-bond acceptors (Lipinski definition) is 3. The molecule has 1 N–H and O–H groups in total. The smallest absolute Gasteiger partial charge is 0.221 e. The molecule has 4 fully saturated rings. The maximum absolute atomic E-state index is 11.6. The largest absolute Gasteiger partial charge is 0.326 e. The zero-order chi connectivity index (χ0) is 18.9. The van der Waals surface area contributed by atoms with Crippen LogP contribution in [-0.4, -0.2) is 15.3 Å². The molecule has 1 aromatic carbocycles. The summed E-state index contributed by atoms with van der Waals surface area (Å²) in [7, 11) is 0. The number of fused-ring (bicyclic) bond motifs is 1. The van der Waals surface area contributed by atoms with E-state index >= 15 is 0 Å². The summed E-state index contributed by atoms with van der Waals surface area (Å²) in [5, 5.41) is 2.94. The highest BCUT2D eigenvalue weighted by atomic mass is 32.1. The first-order valence-electron chi connectivity index (χ1n) is 10.4. The average Bonchev–Trinajstić information content (AvgIpc) is 3.21. The second-order valence-corrected chi connectivity index (χ2v) is 10.3. The molecule has 3 aromatic rings. The fraction of sp³-hybridized carbons (Fsp3) is 0.478. The van der Waals surface area contributed by atoms with Gasteiger partial charge in [0.2, 0.25) is 5.91 Å². The summed E-state index contributed by atoms with van der Waals surface area (Å²) in [6.45, 7) is 1.56. The highest BCUT2D eigenvalue weighted by Crippen LogP contribution is 2.62. The Morgan fingerprint density at radius 3 is 2.57 bits per heavy atom. The van der Waals surface area contributed by atoms with Gasteiger partial charge in [-0.1, -0.05) is 12.1 Å². The number of rotatable bonds is 3. The fourth-order valence-corrected chi connectivity index (χ4v) is 8.08. The van der Waals surface area contributed by atoms with Crippen LogP contribution in [0.5, 0.6) is 0 Å². The third kappa shape index (κ3) is 2.48. The van der Waals surface area contributed by atoms with Gasteiger partial charge in [-0.25, -0.2) is 4.98 Å². The summed E-state index contributed by atoms with van der Waals surface area (Å²) in [5.41, 5.74) is 3.67. The van der Waals surface area contributed by atoms with Crippen LogP contribution in [0.3, 0.4) is 0 Å². The van der Waals surface area contributed by atoms with Crippen LogP contribution in [0.25, 0.3) is 16.2 Å². The molecule has 0 radical (unpaired) electrons. The molecular weight excluding hydrogens is 366 g/mol. The Kier molecular flexibility index (Phi) is 3.55. The van der Waals surface area contributed by atoms with Gasteiger partial charge in [0, 0.05) is 40.9 Å². The Balaban J connectivity index is 1.52. The first kappa shape index (κ1) is 16.8. The third-order valence-electron chi connectivity index (χ3n) is 7.23. The first-order chi connectivity index (χ1) is 13.6. The lowest BCUT2D eigenvalue weighted by atomic mass is 9.49. The first-order valence-corrected chi connectivity index (χ1v) is 11.3. The molecule has 0 unspecified atom stereocenters. The van der Waals surface area contributed by atoms with Crippen molar-refractivity contribution in [2.45, 2.75) is 50.9 Å². The van der Waals surface area contributed by atoms with Crippen molar-refractivity contribution in [1.29, 1.82) is 0 Å². The lowest BCUT2D eigenvalue weighted by molar-refractivity contribution is -0.114. The molecule has 2 aromatic heterocycles. The van der Waals surface area contributed by atoms with E-state index in [-0.39, 0.29) is 5.91 Å². The van der Waals surface area contributed by atoms with E-state index in [1.54, 1.807) is 6.92 Å². The predicted molar refractivity (Wildman–Crippen MR) is 113 cm³/mol. The van der Waals surface area contributed by atoms with Crippen molar-refractivity contribution in [2.24, 2.45) is 17.8 Å². The number of hydrogen-bond donors (Lipinski definition) is 1. The van der Waals surface area contributed by atoms with Gasteiger partial charge < -0.3 is 5.32 Å². The summed E-state index contributed by atoms with van der Waals surface area (Å²) in [6, 6.07) is 8.31. The summed E-state index contributed by atoms with van der Waals surface area (Å²) in [6.07, 6.45) is 12.4. The minimum absolute atomic E-state index is 0.0310. The van der Waals surface area contributed by atoms with E-state index < -0.39 is 0 Å². The second-order valence-electron chi connectivity index (χ2n) is 9.32. The molecule has 7 rings (SSSR count). The van der Waals surface area contributed by atoms with Gasteiger partial charge in [-0.05, 0) is 68.4 Å². The summed E-state index contributed by atoms with van der Waals surface area (Å²) in [4.78, 5) is 18.8. The van der Waals surface area contributed by atoms with Gasteiger partial charge >= 0.3 is 0 Å². The summed E-state index contributed by atoms with van der Waals surface area (Å²) >= 11 is 1.90. The Morgan fingerprint density at radius 1 is 1.18 bits per heavy atom. The number of anilines is 1. The van der Waals surface area contributed by atoms with Crippen molar-refractivity contribution >= 4 is 27.9 Å². The van der Waals surface area contributed by atoms with E-state index in [1.807, 2.05) is 29.7 Å². The molecule has 4 saturated carbocycles. The number of benzene rings is 1. The quantitative estimate of drug-likeness (QED) is 0.642. The van der Waals surface area contributed by atoms with E-state index in [4.69, 9.17) is 0 Å². The molecular formula is C23H25N3OS. The summed E-state index contributed by atoms with van der Waals surface area (Å²) < 4.78 is 2.27. The number of aromatic nitrogens is 2. The molecule has 4 bridgehead atoms. The second kappa shape index (κ2) is 5.93. The van der Waals surface area contributed by atoms with Gasteiger partial charge in [-0.3, -0.25) is 9.20 Å². The number of carbonyl (C=O) groups excluding carboxylic acids is 1. The molecule has 2 heterocycles. The molecule has 4 nitrogen and oxygen atoms in total. The van der Waals surface area contributed by atoms with E-state index in [0.717, 1.165) is 28.4 Å². The number of imidazole rings is 1. The van der Waals surface area contributed by atoms with E-state index in [0.29, 0.717) is 5.41 Å². The van der Waals surface area contributed by atoms with Gasteiger partial charge in [0.1, 0.15) is 0 Å². The Morgan fingerprint density at radius 2 is 1.89 bits per heavy atom. The van der Waals surface area contributed by atoms with Crippen LogP contribution >= 0.6 is 11.3 Å². The number of nitrogens with zero attached hydrogens (tertiary/aromatic N) is 2. The zero-order valence-electron chi connectivity index (χ0n) is 16.1. The normalized spacial score (nSPS) is 30.8. The molecule has 4 aliphatic rings. The number of carbonyl (C=O) groups is 1. The monoisotopic (exact) mass is 391 g/mol. The van der Waals surface area contributed by atoms with E-state index in [2.05, 4.69) is 33.0 Å². The van der Waals surface area contributed by atoms with Gasteiger partial charge in [0.15, 0.2) is 4.96 Å². The molecule has 4 aliphatic carbocycles. The summed E-state index contributed by atoms with van der Waals surface area (Å²) in [5.74, 6) is 2.72. The number of amides is 1. The van der Waals surface area contributed by atoms with Crippen molar-refractivity contribution in [2.75, 3.05) is 5.32 Å². The standard InChI is InChI=1S/C23H25N3OS/c1-14(27)25-19-4-2-3-18(10-19)20-21(28-22-24-5-6-26(20)22)23-11-15-7-16(12-23)9-17(8-15)13-23/h2-6,10,15-17H,7-9,11-13H2,1H3,(H,25,27). The van der Waals surface area contributed by atoms with Crippen LogP contribution in [-0.2, 0) is 10.2 Å². The van der Waals surface area contributed by atoms with Crippen molar-refractivity contribution < 1.29 is 4.79 Å². The van der Waals surface area contributed by atoms with Crippen molar-refractivity contribution in [1.82, 2.24) is 9.38 Å². The van der Waals surface area contributed by atoms with Crippen LogP contribution in [0.15, 0.2) is 36.7 Å². The predicted octanol–water partition coefficient (Wildman–Crippen LogP) is 5.49. The maximum Gasteiger partial charge on any atom is 0.221 e. The topological polar surface area (TPSA) is 46.4 Å². The highest BCUT2D eigenvalue weighted by Gasteiger charge is 2.53. The van der Waals surface area contributed by atoms with E-state index in [1.165, 1.54) is 54.7 Å². The minimum Gasteiger partial charge on any atom is -0.326 e. The zero-order valence-corrected chi connectivity index (χ0v) is 17.0. The minimum atomic E-state index is -0.0310. The lowest BCUT2D eigenvalue weighted by Crippen LogP contribution is -2.48. The molecule has 0 aliphatic heterocycles. The van der Waals surface area contributed by atoms with E-state index in [9.17, 15) is 4.79 Å². The van der Waals surface area contributed by atoms with Crippen molar-refractivity contribution in [3.63, 3.8) is 0 Å².